The van der Waals surface area contributed by atoms with E-state index in [-0.39, 0.29) is 0 Å². The molecule has 2 aromatic rings. The van der Waals surface area contributed by atoms with E-state index in [4.69, 9.17) is 0 Å². The Morgan fingerprint density at radius 2 is 1.95 bits per heavy atom. The molecule has 1 heterocycles. The van der Waals surface area contributed by atoms with Crippen LogP contribution in [0.15, 0.2) is 39.5 Å². The van der Waals surface area contributed by atoms with Crippen LogP contribution in [-0.2, 0) is 19.6 Å². The Hall–Kier alpha value is -0.680. The normalized spacial score (nSPS) is 11.2. The second-order valence-electron chi connectivity index (χ2n) is 4.98. The minimum absolute atomic E-state index is 0.949. The fraction of sp³-hybridized carbons (Fsp3) is 0.375. The van der Waals surface area contributed by atoms with Crippen molar-refractivity contribution in [3.8, 4) is 0 Å². The summed E-state index contributed by atoms with van der Waals surface area (Å²) < 4.78 is 1.20. The second kappa shape index (κ2) is 7.93. The molecule has 0 fully saturated rings. The lowest BCUT2D eigenvalue weighted by molar-refractivity contribution is 0.318. The van der Waals surface area contributed by atoms with Crippen molar-refractivity contribution in [3.63, 3.8) is 0 Å². The van der Waals surface area contributed by atoms with Crippen LogP contribution in [0.25, 0.3) is 0 Å². The standard InChI is InChI=1S/C16H21BrN2S/c1-3-18-9-14-6-4-5-7-15(14)11-19(2)10-13-8-16(17)20-12-13/h4-8,12,18H,3,9-11H2,1-2H3. The Morgan fingerprint density at radius 1 is 1.20 bits per heavy atom. The number of rotatable bonds is 7. The smallest absolute Gasteiger partial charge is 0.0701 e. The van der Waals surface area contributed by atoms with Crippen LogP contribution in [0.2, 0.25) is 0 Å². The topological polar surface area (TPSA) is 15.3 Å². The average molecular weight is 353 g/mol. The molecule has 4 heteroatoms. The summed E-state index contributed by atoms with van der Waals surface area (Å²) in [5.74, 6) is 0. The maximum Gasteiger partial charge on any atom is 0.0701 e. The number of halogens is 1. The summed E-state index contributed by atoms with van der Waals surface area (Å²) in [5, 5.41) is 5.62. The first-order valence-corrected chi connectivity index (χ1v) is 8.55. The van der Waals surface area contributed by atoms with E-state index in [0.717, 1.165) is 26.2 Å². The van der Waals surface area contributed by atoms with Gasteiger partial charge in [-0.2, -0.15) is 0 Å². The monoisotopic (exact) mass is 352 g/mol. The van der Waals surface area contributed by atoms with Gasteiger partial charge in [-0.15, -0.1) is 11.3 Å². The number of thiophene rings is 1. The highest BCUT2D eigenvalue weighted by Gasteiger charge is 2.07. The van der Waals surface area contributed by atoms with Gasteiger partial charge in [0.05, 0.1) is 3.79 Å². The predicted molar refractivity (Wildman–Crippen MR) is 91.0 cm³/mol. The van der Waals surface area contributed by atoms with Gasteiger partial charge < -0.3 is 5.32 Å². The molecule has 0 atom stereocenters. The number of hydrogen-bond acceptors (Lipinski definition) is 3. The molecule has 1 N–H and O–H groups in total. The molecular formula is C16H21BrN2S. The summed E-state index contributed by atoms with van der Waals surface area (Å²) in [6, 6.07) is 10.9. The van der Waals surface area contributed by atoms with Gasteiger partial charge in [-0.3, -0.25) is 4.90 Å². The van der Waals surface area contributed by atoms with Crippen LogP contribution in [0.5, 0.6) is 0 Å². The first-order chi connectivity index (χ1) is 9.69. The van der Waals surface area contributed by atoms with Gasteiger partial charge in [0.1, 0.15) is 0 Å². The van der Waals surface area contributed by atoms with Gasteiger partial charge >= 0.3 is 0 Å². The summed E-state index contributed by atoms with van der Waals surface area (Å²) in [5.41, 5.74) is 4.17. The van der Waals surface area contributed by atoms with Crippen LogP contribution >= 0.6 is 27.3 Å². The van der Waals surface area contributed by atoms with E-state index in [1.165, 1.54) is 20.5 Å². The van der Waals surface area contributed by atoms with Crippen molar-refractivity contribution in [2.24, 2.45) is 0 Å². The Morgan fingerprint density at radius 3 is 2.60 bits per heavy atom. The van der Waals surface area contributed by atoms with E-state index in [0.29, 0.717) is 0 Å². The second-order valence-corrected chi connectivity index (χ2v) is 7.27. The SMILES string of the molecule is CCNCc1ccccc1CN(C)Cc1csc(Br)c1. The molecule has 1 aromatic carbocycles. The van der Waals surface area contributed by atoms with Crippen LogP contribution < -0.4 is 5.32 Å². The Kier molecular flexibility index (Phi) is 6.23. The predicted octanol–water partition coefficient (Wildman–Crippen LogP) is 4.25. The quantitative estimate of drug-likeness (QED) is 0.801. The Balaban J connectivity index is 1.98. The van der Waals surface area contributed by atoms with E-state index >= 15 is 0 Å². The first-order valence-electron chi connectivity index (χ1n) is 6.88. The maximum atomic E-state index is 3.52. The number of nitrogens with zero attached hydrogens (tertiary/aromatic N) is 1. The van der Waals surface area contributed by atoms with E-state index < -0.39 is 0 Å². The van der Waals surface area contributed by atoms with Crippen molar-refractivity contribution in [2.75, 3.05) is 13.6 Å². The van der Waals surface area contributed by atoms with E-state index in [1.807, 2.05) is 0 Å². The van der Waals surface area contributed by atoms with Crippen molar-refractivity contribution in [1.29, 1.82) is 0 Å². The molecule has 0 aliphatic heterocycles. The number of benzene rings is 1. The largest absolute Gasteiger partial charge is 0.313 e. The van der Waals surface area contributed by atoms with Crippen LogP contribution in [0.3, 0.4) is 0 Å². The van der Waals surface area contributed by atoms with Gasteiger partial charge in [0.2, 0.25) is 0 Å². The molecule has 0 spiro atoms. The third-order valence-electron chi connectivity index (χ3n) is 3.20. The summed E-state index contributed by atoms with van der Waals surface area (Å²) in [6.45, 7) is 6.06. The first kappa shape index (κ1) is 15.7. The van der Waals surface area contributed by atoms with Crippen molar-refractivity contribution < 1.29 is 0 Å². The molecule has 0 aliphatic carbocycles. The maximum absolute atomic E-state index is 3.52. The zero-order chi connectivity index (χ0) is 14.4. The lowest BCUT2D eigenvalue weighted by Crippen LogP contribution is -2.19. The van der Waals surface area contributed by atoms with Crippen LogP contribution in [0, 0.1) is 0 Å². The Bertz CT molecular complexity index is 539. The molecule has 2 rings (SSSR count). The van der Waals surface area contributed by atoms with Gasteiger partial charge in [-0.25, -0.2) is 0 Å². The summed E-state index contributed by atoms with van der Waals surface area (Å²) in [7, 11) is 2.18. The molecule has 0 radical (unpaired) electrons. The molecule has 0 aliphatic rings. The van der Waals surface area contributed by atoms with Crippen molar-refractivity contribution in [3.05, 3.63) is 56.2 Å². The molecule has 108 valence electrons. The third-order valence-corrected chi connectivity index (χ3v) is 4.75. The van der Waals surface area contributed by atoms with Gasteiger partial charge in [-0.05, 0) is 57.7 Å². The van der Waals surface area contributed by atoms with Crippen molar-refractivity contribution in [2.45, 2.75) is 26.6 Å². The molecule has 1 aromatic heterocycles. The van der Waals surface area contributed by atoms with Crippen LogP contribution in [0.4, 0.5) is 0 Å². The van der Waals surface area contributed by atoms with Crippen molar-refractivity contribution in [1.82, 2.24) is 10.2 Å². The fourth-order valence-corrected chi connectivity index (χ4v) is 3.43. The van der Waals surface area contributed by atoms with Crippen LogP contribution in [-0.4, -0.2) is 18.5 Å². The summed E-state index contributed by atoms with van der Waals surface area (Å²) in [6.07, 6.45) is 0. The van der Waals surface area contributed by atoms with E-state index in [1.54, 1.807) is 11.3 Å². The molecule has 0 saturated carbocycles. The highest BCUT2D eigenvalue weighted by Crippen LogP contribution is 2.22. The third kappa shape index (κ3) is 4.70. The van der Waals surface area contributed by atoms with E-state index in [2.05, 4.69) is 75.8 Å². The zero-order valence-electron chi connectivity index (χ0n) is 12.0. The van der Waals surface area contributed by atoms with Gasteiger partial charge in [-0.1, -0.05) is 31.2 Å². The molecule has 0 amide bonds. The van der Waals surface area contributed by atoms with E-state index in [9.17, 15) is 0 Å². The van der Waals surface area contributed by atoms with Crippen molar-refractivity contribution >= 4 is 27.3 Å². The average Bonchev–Trinajstić information content (AvgIpc) is 2.83. The van der Waals surface area contributed by atoms with Gasteiger partial charge in [0, 0.05) is 19.6 Å². The Labute approximate surface area is 133 Å². The molecule has 0 unspecified atom stereocenters. The zero-order valence-corrected chi connectivity index (χ0v) is 14.4. The lowest BCUT2D eigenvalue weighted by atomic mass is 10.1. The highest BCUT2D eigenvalue weighted by molar-refractivity contribution is 9.11. The minimum atomic E-state index is 0.949. The van der Waals surface area contributed by atoms with Gasteiger partial charge in [0.15, 0.2) is 0 Å². The molecule has 20 heavy (non-hydrogen) atoms. The lowest BCUT2D eigenvalue weighted by Gasteiger charge is -2.18. The minimum Gasteiger partial charge on any atom is -0.313 e. The molecular weight excluding hydrogens is 332 g/mol. The molecule has 0 bridgehead atoms. The molecule has 0 saturated heterocycles. The highest BCUT2D eigenvalue weighted by atomic mass is 79.9. The molecule has 2 nitrogen and oxygen atoms in total. The number of hydrogen-bond donors (Lipinski definition) is 1. The number of nitrogens with one attached hydrogen (secondary N) is 1. The summed E-state index contributed by atoms with van der Waals surface area (Å²) in [4.78, 5) is 2.36. The summed E-state index contributed by atoms with van der Waals surface area (Å²) >= 11 is 5.27. The van der Waals surface area contributed by atoms with Gasteiger partial charge in [0.25, 0.3) is 0 Å². The fourth-order valence-electron chi connectivity index (χ4n) is 2.23. The van der Waals surface area contributed by atoms with Crippen LogP contribution in [0.1, 0.15) is 23.6 Å².